The van der Waals surface area contributed by atoms with Crippen molar-refractivity contribution in [3.05, 3.63) is 63.0 Å². The first kappa shape index (κ1) is 20.8. The molecule has 1 amide bonds. The second-order valence-electron chi connectivity index (χ2n) is 6.86. The van der Waals surface area contributed by atoms with Gasteiger partial charge in [-0.25, -0.2) is 13.1 Å². The van der Waals surface area contributed by atoms with Gasteiger partial charge in [0.25, 0.3) is 11.5 Å². The standard InChI is InChI=1S/C19H22BrN3O4S/c1-22-10-4-5-15(18(22)24)19(25)23-11-8-14(9-12-23)13-21-28(26,27)17-7-3-2-6-16(17)20/h2-7,10,14,21H,8-9,11-13H2,1H3. The monoisotopic (exact) mass is 467 g/mol. The van der Waals surface area contributed by atoms with Crippen LogP contribution in [0.25, 0.3) is 0 Å². The van der Waals surface area contributed by atoms with Crippen LogP contribution < -0.4 is 10.3 Å². The lowest BCUT2D eigenvalue weighted by Crippen LogP contribution is -2.43. The molecule has 0 saturated carbocycles. The normalized spacial score (nSPS) is 15.6. The van der Waals surface area contributed by atoms with Gasteiger partial charge < -0.3 is 9.47 Å². The van der Waals surface area contributed by atoms with Crippen LogP contribution in [0, 0.1) is 5.92 Å². The molecule has 2 aromatic rings. The van der Waals surface area contributed by atoms with Crippen LogP contribution in [0.2, 0.25) is 0 Å². The quantitative estimate of drug-likeness (QED) is 0.727. The van der Waals surface area contributed by atoms with E-state index in [4.69, 9.17) is 0 Å². The van der Waals surface area contributed by atoms with E-state index in [0.29, 0.717) is 36.9 Å². The third-order valence-electron chi connectivity index (χ3n) is 4.94. The number of pyridine rings is 1. The number of aromatic nitrogens is 1. The Labute approximate surface area is 172 Å². The first-order valence-electron chi connectivity index (χ1n) is 8.98. The fraction of sp³-hybridized carbons (Fsp3) is 0.368. The highest BCUT2D eigenvalue weighted by atomic mass is 79.9. The van der Waals surface area contributed by atoms with E-state index in [1.54, 1.807) is 54.5 Å². The molecule has 0 bridgehead atoms. The number of amides is 1. The van der Waals surface area contributed by atoms with Crippen LogP contribution in [0.3, 0.4) is 0 Å². The molecule has 9 heteroatoms. The maximum Gasteiger partial charge on any atom is 0.263 e. The van der Waals surface area contributed by atoms with Crippen molar-refractivity contribution in [1.29, 1.82) is 0 Å². The molecule has 2 heterocycles. The molecule has 0 radical (unpaired) electrons. The van der Waals surface area contributed by atoms with Crippen LogP contribution in [-0.4, -0.2) is 43.4 Å². The Morgan fingerprint density at radius 1 is 1.18 bits per heavy atom. The number of hydrogen-bond acceptors (Lipinski definition) is 4. The van der Waals surface area contributed by atoms with E-state index < -0.39 is 10.0 Å². The molecule has 1 aromatic carbocycles. The molecular weight excluding hydrogens is 446 g/mol. The first-order chi connectivity index (χ1) is 13.3. The van der Waals surface area contributed by atoms with Crippen LogP contribution in [0.1, 0.15) is 23.2 Å². The number of likely N-dealkylation sites (tertiary alicyclic amines) is 1. The summed E-state index contributed by atoms with van der Waals surface area (Å²) >= 11 is 3.26. The molecular formula is C19H22BrN3O4S. The minimum Gasteiger partial charge on any atom is -0.338 e. The van der Waals surface area contributed by atoms with Crippen LogP contribution in [0.5, 0.6) is 0 Å². The number of nitrogens with zero attached hydrogens (tertiary/aromatic N) is 2. The van der Waals surface area contributed by atoms with Crippen molar-refractivity contribution in [3.63, 3.8) is 0 Å². The summed E-state index contributed by atoms with van der Waals surface area (Å²) < 4.78 is 29.5. The van der Waals surface area contributed by atoms with Crippen molar-refractivity contribution >= 4 is 31.9 Å². The van der Waals surface area contributed by atoms with Gasteiger partial charge in [0, 0.05) is 37.4 Å². The molecule has 1 aromatic heterocycles. The number of sulfonamides is 1. The minimum absolute atomic E-state index is 0.139. The van der Waals surface area contributed by atoms with Crippen molar-refractivity contribution in [2.45, 2.75) is 17.7 Å². The predicted octanol–water partition coefficient (Wildman–Crippen LogP) is 1.98. The molecule has 150 valence electrons. The molecule has 0 spiro atoms. The summed E-state index contributed by atoms with van der Waals surface area (Å²) in [6.45, 7) is 1.31. The SMILES string of the molecule is Cn1cccc(C(=O)N2CCC(CNS(=O)(=O)c3ccccc3Br)CC2)c1=O. The zero-order chi connectivity index (χ0) is 20.3. The van der Waals surface area contributed by atoms with Crippen molar-refractivity contribution in [2.24, 2.45) is 13.0 Å². The summed E-state index contributed by atoms with van der Waals surface area (Å²) in [5.41, 5.74) is -0.145. The number of carbonyl (C=O) groups is 1. The Kier molecular flexibility index (Phi) is 6.36. The number of carbonyl (C=O) groups excluding carboxylic acids is 1. The molecule has 1 N–H and O–H groups in total. The van der Waals surface area contributed by atoms with E-state index in [1.165, 1.54) is 4.57 Å². The van der Waals surface area contributed by atoms with E-state index in [9.17, 15) is 18.0 Å². The molecule has 28 heavy (non-hydrogen) atoms. The molecule has 0 aliphatic carbocycles. The zero-order valence-corrected chi connectivity index (χ0v) is 17.9. The highest BCUT2D eigenvalue weighted by Crippen LogP contribution is 2.22. The molecule has 0 unspecified atom stereocenters. The highest BCUT2D eigenvalue weighted by molar-refractivity contribution is 9.10. The summed E-state index contributed by atoms with van der Waals surface area (Å²) in [4.78, 5) is 26.6. The van der Waals surface area contributed by atoms with Gasteiger partial charge in [-0.3, -0.25) is 9.59 Å². The minimum atomic E-state index is -3.60. The summed E-state index contributed by atoms with van der Waals surface area (Å²) in [5, 5.41) is 0. The largest absolute Gasteiger partial charge is 0.338 e. The van der Waals surface area contributed by atoms with Gasteiger partial charge in [0.05, 0.1) is 4.90 Å². The number of nitrogens with one attached hydrogen (secondary N) is 1. The smallest absolute Gasteiger partial charge is 0.263 e. The lowest BCUT2D eigenvalue weighted by Gasteiger charge is -2.32. The number of piperidine rings is 1. The summed E-state index contributed by atoms with van der Waals surface area (Å²) in [5.74, 6) is -0.131. The third-order valence-corrected chi connectivity index (χ3v) is 7.38. The second-order valence-corrected chi connectivity index (χ2v) is 9.45. The zero-order valence-electron chi connectivity index (χ0n) is 15.5. The average Bonchev–Trinajstić information content (AvgIpc) is 2.69. The number of rotatable bonds is 5. The van der Waals surface area contributed by atoms with E-state index in [-0.39, 0.29) is 27.8 Å². The van der Waals surface area contributed by atoms with Gasteiger partial charge in [0.2, 0.25) is 10.0 Å². The van der Waals surface area contributed by atoms with Gasteiger partial charge in [-0.2, -0.15) is 0 Å². The van der Waals surface area contributed by atoms with Gasteiger partial charge in [-0.1, -0.05) is 12.1 Å². The Morgan fingerprint density at radius 3 is 2.54 bits per heavy atom. The van der Waals surface area contributed by atoms with Crippen LogP contribution in [-0.2, 0) is 17.1 Å². The first-order valence-corrected chi connectivity index (χ1v) is 11.3. The lowest BCUT2D eigenvalue weighted by molar-refractivity contribution is 0.0689. The Balaban J connectivity index is 1.57. The van der Waals surface area contributed by atoms with Gasteiger partial charge in [-0.15, -0.1) is 0 Å². The maximum absolute atomic E-state index is 12.6. The van der Waals surface area contributed by atoms with E-state index in [0.717, 1.165) is 0 Å². The number of benzene rings is 1. The topological polar surface area (TPSA) is 88.5 Å². The molecule has 7 nitrogen and oxygen atoms in total. The molecule has 1 fully saturated rings. The Hall–Kier alpha value is -1.97. The molecule has 1 aliphatic heterocycles. The van der Waals surface area contributed by atoms with Crippen molar-refractivity contribution in [3.8, 4) is 0 Å². The Morgan fingerprint density at radius 2 is 1.86 bits per heavy atom. The van der Waals surface area contributed by atoms with Crippen molar-refractivity contribution < 1.29 is 13.2 Å². The third kappa shape index (κ3) is 4.53. The van der Waals surface area contributed by atoms with Crippen molar-refractivity contribution in [1.82, 2.24) is 14.2 Å². The fourth-order valence-electron chi connectivity index (χ4n) is 3.24. The summed E-state index contributed by atoms with van der Waals surface area (Å²) in [7, 11) is -1.98. The van der Waals surface area contributed by atoms with Crippen molar-refractivity contribution in [2.75, 3.05) is 19.6 Å². The summed E-state index contributed by atoms with van der Waals surface area (Å²) in [6, 6.07) is 9.90. The molecule has 0 atom stereocenters. The van der Waals surface area contributed by atoms with Gasteiger partial charge in [-0.05, 0) is 59.0 Å². The molecule has 1 aliphatic rings. The van der Waals surface area contributed by atoms with Crippen LogP contribution in [0.4, 0.5) is 0 Å². The predicted molar refractivity (Wildman–Crippen MR) is 110 cm³/mol. The number of halogens is 1. The van der Waals surface area contributed by atoms with Gasteiger partial charge in [0.15, 0.2) is 0 Å². The van der Waals surface area contributed by atoms with E-state index in [1.807, 2.05) is 0 Å². The molecule has 1 saturated heterocycles. The van der Waals surface area contributed by atoms with E-state index >= 15 is 0 Å². The molecule has 3 rings (SSSR count). The maximum atomic E-state index is 12.6. The van der Waals surface area contributed by atoms with Crippen LogP contribution >= 0.6 is 15.9 Å². The lowest BCUT2D eigenvalue weighted by atomic mass is 9.97. The van der Waals surface area contributed by atoms with Gasteiger partial charge in [0.1, 0.15) is 5.56 Å². The van der Waals surface area contributed by atoms with Crippen LogP contribution in [0.15, 0.2) is 56.8 Å². The second kappa shape index (κ2) is 8.59. The van der Waals surface area contributed by atoms with E-state index in [2.05, 4.69) is 20.7 Å². The summed E-state index contributed by atoms with van der Waals surface area (Å²) in [6.07, 6.45) is 2.97. The average molecular weight is 468 g/mol. The number of aryl methyl sites for hydroxylation is 1. The fourth-order valence-corrected chi connectivity index (χ4v) is 5.36. The van der Waals surface area contributed by atoms with Gasteiger partial charge >= 0.3 is 0 Å². The highest BCUT2D eigenvalue weighted by Gasteiger charge is 2.26. The number of hydrogen-bond donors (Lipinski definition) is 1. The Bertz CT molecular complexity index is 1030.